The minimum atomic E-state index is -0.531. The number of hydrogen-bond donors (Lipinski definition) is 0. The largest absolute Gasteiger partial charge is 0.490 e. The molecule has 2 heterocycles. The molecule has 0 N–H and O–H groups in total. The molecule has 0 saturated carbocycles. The molecule has 1 amide bonds. The van der Waals surface area contributed by atoms with Gasteiger partial charge in [-0.1, -0.05) is 12.2 Å². The van der Waals surface area contributed by atoms with Crippen molar-refractivity contribution in [2.24, 2.45) is 5.92 Å². The van der Waals surface area contributed by atoms with Crippen LogP contribution >= 0.6 is 0 Å². The van der Waals surface area contributed by atoms with E-state index in [-0.39, 0.29) is 34.8 Å². The summed E-state index contributed by atoms with van der Waals surface area (Å²) in [5, 5.41) is 0. The Bertz CT molecular complexity index is 840. The number of carbonyl (C=O) groups is 2. The summed E-state index contributed by atoms with van der Waals surface area (Å²) in [4.78, 5) is 39.9. The van der Waals surface area contributed by atoms with Crippen LogP contribution in [-0.2, 0) is 22.5 Å². The van der Waals surface area contributed by atoms with Gasteiger partial charge < -0.3 is 18.9 Å². The molecule has 0 spiro atoms. The van der Waals surface area contributed by atoms with Crippen molar-refractivity contribution in [2.75, 3.05) is 20.2 Å². The highest BCUT2D eigenvalue weighted by Crippen LogP contribution is 2.26. The third-order valence-corrected chi connectivity index (χ3v) is 5.28. The lowest BCUT2D eigenvalue weighted by molar-refractivity contribution is -0.135. The molecule has 28 heavy (non-hydrogen) atoms. The van der Waals surface area contributed by atoms with E-state index in [0.717, 1.165) is 19.3 Å². The highest BCUT2D eigenvalue weighted by molar-refractivity contribution is 5.93. The molecule has 1 aromatic heterocycles. The van der Waals surface area contributed by atoms with Gasteiger partial charge in [0.1, 0.15) is 11.3 Å². The Hall–Kier alpha value is -2.57. The van der Waals surface area contributed by atoms with Crippen LogP contribution < -0.4 is 10.3 Å². The first kappa shape index (κ1) is 20.2. The lowest BCUT2D eigenvalue weighted by Crippen LogP contribution is -2.38. The average molecular weight is 388 g/mol. The molecule has 0 radical (unpaired) electrons. The van der Waals surface area contributed by atoms with Gasteiger partial charge in [0.05, 0.1) is 13.2 Å². The fraction of sp³-hybridized carbons (Fsp3) is 0.571. The number of allylic oxidation sites excluding steroid dienone is 2. The van der Waals surface area contributed by atoms with Crippen molar-refractivity contribution in [2.45, 2.75) is 52.2 Å². The number of hydrogen-bond acceptors (Lipinski definition) is 5. The smallest absolute Gasteiger partial charge is 0.343 e. The lowest BCUT2D eigenvalue weighted by atomic mass is 9.93. The molecule has 152 valence electrons. The standard InChI is InChI=1S/C21H28N2O5/c1-14(2)28-17-13-18(24)23-12-11-22(20(25)15-7-5-4-6-8-15)10-9-16(23)19(17)21(26)27-3/h4-5,13-15H,6-12H2,1-3H3. The number of esters is 1. The van der Waals surface area contributed by atoms with Crippen molar-refractivity contribution in [1.82, 2.24) is 9.47 Å². The second-order valence-corrected chi connectivity index (χ2v) is 7.54. The summed E-state index contributed by atoms with van der Waals surface area (Å²) < 4.78 is 12.3. The topological polar surface area (TPSA) is 77.8 Å². The van der Waals surface area contributed by atoms with Gasteiger partial charge in [-0.3, -0.25) is 9.59 Å². The van der Waals surface area contributed by atoms with Crippen LogP contribution in [0.15, 0.2) is 23.0 Å². The van der Waals surface area contributed by atoms with Crippen molar-refractivity contribution < 1.29 is 19.1 Å². The van der Waals surface area contributed by atoms with Crippen LogP contribution in [0.3, 0.4) is 0 Å². The molecular formula is C21H28N2O5. The molecule has 1 aliphatic carbocycles. The molecule has 7 heteroatoms. The number of nitrogens with zero attached hydrogens (tertiary/aromatic N) is 2. The van der Waals surface area contributed by atoms with Crippen molar-refractivity contribution in [3.05, 3.63) is 39.8 Å². The minimum absolute atomic E-state index is 0.00264. The molecule has 1 aromatic rings. The Labute approximate surface area is 164 Å². The van der Waals surface area contributed by atoms with E-state index in [1.54, 1.807) is 4.57 Å². The van der Waals surface area contributed by atoms with Crippen molar-refractivity contribution in [3.63, 3.8) is 0 Å². The molecule has 0 saturated heterocycles. The van der Waals surface area contributed by atoms with Crippen LogP contribution in [0.2, 0.25) is 0 Å². The molecule has 2 aliphatic rings. The Balaban J connectivity index is 1.92. The monoisotopic (exact) mass is 388 g/mol. The molecular weight excluding hydrogens is 360 g/mol. The first-order valence-electron chi connectivity index (χ1n) is 9.87. The first-order chi connectivity index (χ1) is 13.4. The summed E-state index contributed by atoms with van der Waals surface area (Å²) in [6.45, 7) is 4.95. The van der Waals surface area contributed by atoms with Crippen molar-refractivity contribution in [3.8, 4) is 5.75 Å². The maximum Gasteiger partial charge on any atom is 0.343 e. The van der Waals surface area contributed by atoms with Gasteiger partial charge in [-0.05, 0) is 33.1 Å². The highest BCUT2D eigenvalue weighted by Gasteiger charge is 2.30. The Morgan fingerprint density at radius 3 is 2.61 bits per heavy atom. The average Bonchev–Trinajstić information content (AvgIpc) is 2.91. The lowest BCUT2D eigenvalue weighted by Gasteiger charge is -2.26. The summed E-state index contributed by atoms with van der Waals surface area (Å²) in [5.41, 5.74) is 0.632. The van der Waals surface area contributed by atoms with E-state index in [0.29, 0.717) is 31.7 Å². The zero-order valence-electron chi connectivity index (χ0n) is 16.8. The summed E-state index contributed by atoms with van der Waals surface area (Å²) in [6.07, 6.45) is 6.94. The normalized spacial score (nSPS) is 19.1. The second kappa shape index (κ2) is 8.63. The Morgan fingerprint density at radius 2 is 1.96 bits per heavy atom. The van der Waals surface area contributed by atoms with Crippen LogP contribution in [0.1, 0.15) is 49.2 Å². The van der Waals surface area contributed by atoms with Crippen molar-refractivity contribution >= 4 is 11.9 Å². The predicted octanol–water partition coefficient (Wildman–Crippen LogP) is 2.16. The van der Waals surface area contributed by atoms with Crippen LogP contribution in [0, 0.1) is 5.92 Å². The van der Waals surface area contributed by atoms with Gasteiger partial charge in [0.2, 0.25) is 5.91 Å². The van der Waals surface area contributed by atoms with E-state index in [4.69, 9.17) is 9.47 Å². The first-order valence-corrected chi connectivity index (χ1v) is 9.87. The van der Waals surface area contributed by atoms with Gasteiger partial charge in [-0.2, -0.15) is 0 Å². The SMILES string of the molecule is COC(=O)c1c(OC(C)C)cc(=O)n2c1CCN(C(=O)C1CC=CCC1)CC2. The van der Waals surface area contributed by atoms with Crippen LogP contribution in [-0.4, -0.2) is 47.6 Å². The third kappa shape index (κ3) is 4.13. The number of aromatic nitrogens is 1. The van der Waals surface area contributed by atoms with E-state index >= 15 is 0 Å². The summed E-state index contributed by atoms with van der Waals surface area (Å²) in [5.74, 6) is -0.154. The van der Waals surface area contributed by atoms with E-state index in [1.165, 1.54) is 13.2 Å². The number of pyridine rings is 1. The molecule has 7 nitrogen and oxygen atoms in total. The van der Waals surface area contributed by atoms with Crippen LogP contribution in [0.4, 0.5) is 0 Å². The number of rotatable bonds is 4. The van der Waals surface area contributed by atoms with E-state index in [9.17, 15) is 14.4 Å². The van der Waals surface area contributed by atoms with Gasteiger partial charge in [0.15, 0.2) is 0 Å². The number of carbonyl (C=O) groups excluding carboxylic acids is 2. The number of amides is 1. The van der Waals surface area contributed by atoms with Gasteiger partial charge in [0, 0.05) is 43.7 Å². The highest BCUT2D eigenvalue weighted by atomic mass is 16.5. The molecule has 1 unspecified atom stereocenters. The fourth-order valence-electron chi connectivity index (χ4n) is 3.91. The molecule has 1 atom stereocenters. The van der Waals surface area contributed by atoms with E-state index < -0.39 is 5.97 Å². The van der Waals surface area contributed by atoms with E-state index in [1.807, 2.05) is 18.7 Å². The number of fused-ring (bicyclic) bond motifs is 1. The minimum Gasteiger partial charge on any atom is -0.490 e. The molecule has 0 bridgehead atoms. The van der Waals surface area contributed by atoms with Crippen LogP contribution in [0.25, 0.3) is 0 Å². The molecule has 3 rings (SSSR count). The van der Waals surface area contributed by atoms with Crippen LogP contribution in [0.5, 0.6) is 5.75 Å². The maximum absolute atomic E-state index is 12.9. The summed E-state index contributed by atoms with van der Waals surface area (Å²) in [7, 11) is 1.31. The number of methoxy groups -OCH3 is 1. The maximum atomic E-state index is 12.9. The number of ether oxygens (including phenoxy) is 2. The van der Waals surface area contributed by atoms with Gasteiger partial charge in [-0.15, -0.1) is 0 Å². The van der Waals surface area contributed by atoms with Gasteiger partial charge in [-0.25, -0.2) is 4.79 Å². The third-order valence-electron chi connectivity index (χ3n) is 5.28. The zero-order chi connectivity index (χ0) is 20.3. The van der Waals surface area contributed by atoms with Crippen molar-refractivity contribution in [1.29, 1.82) is 0 Å². The fourth-order valence-corrected chi connectivity index (χ4v) is 3.91. The summed E-state index contributed by atoms with van der Waals surface area (Å²) in [6, 6.07) is 1.35. The quantitative estimate of drug-likeness (QED) is 0.583. The Kier molecular flexibility index (Phi) is 6.21. The molecule has 0 fully saturated rings. The Morgan fingerprint density at radius 1 is 1.18 bits per heavy atom. The van der Waals surface area contributed by atoms with Gasteiger partial charge >= 0.3 is 5.97 Å². The molecule has 0 aromatic carbocycles. The zero-order valence-corrected chi connectivity index (χ0v) is 16.8. The molecule has 1 aliphatic heterocycles. The summed E-state index contributed by atoms with van der Waals surface area (Å²) >= 11 is 0. The second-order valence-electron chi connectivity index (χ2n) is 7.54. The van der Waals surface area contributed by atoms with E-state index in [2.05, 4.69) is 12.2 Å². The van der Waals surface area contributed by atoms with Gasteiger partial charge in [0.25, 0.3) is 5.56 Å². The predicted molar refractivity (Wildman–Crippen MR) is 105 cm³/mol.